The summed E-state index contributed by atoms with van der Waals surface area (Å²) in [6.07, 6.45) is 4.64. The molecule has 100 valence electrons. The third kappa shape index (κ3) is 1.79. The summed E-state index contributed by atoms with van der Waals surface area (Å²) < 4.78 is 5.94. The molecule has 5 rings (SSSR count). The van der Waals surface area contributed by atoms with Gasteiger partial charge in [-0.05, 0) is 0 Å². The van der Waals surface area contributed by atoms with Gasteiger partial charge in [0.05, 0.1) is 0 Å². The number of hydrogen-bond donors (Lipinski definition) is 0. The molecule has 3 heteroatoms. The summed E-state index contributed by atoms with van der Waals surface area (Å²) in [6, 6.07) is 17.6. The second-order valence-electron chi connectivity index (χ2n) is 5.02. The Balaban J connectivity index is 1.83. The molecule has 1 aliphatic rings. The fourth-order valence-electron chi connectivity index (χ4n) is 2.76. The predicted molar refractivity (Wildman–Crippen MR) is 97.6 cm³/mol. The molecule has 2 aromatic heterocycles. The summed E-state index contributed by atoms with van der Waals surface area (Å²) in [5.74, 6) is 0. The molecule has 0 atom stereocenters. The number of hydrogen-bond acceptors (Lipinski definition) is 2. The molecule has 4 aromatic rings. The topological polar surface area (TPSA) is 0 Å². The Morgan fingerprint density at radius 1 is 0.619 bits per heavy atom. The molecule has 0 fully saturated rings. The van der Waals surface area contributed by atoms with Crippen LogP contribution in [-0.2, 0) is 0 Å². The van der Waals surface area contributed by atoms with E-state index in [4.69, 9.17) is 0 Å². The van der Waals surface area contributed by atoms with Crippen LogP contribution in [0.15, 0.2) is 48.5 Å². The fraction of sp³-hybridized carbons (Fsp3) is 0. The van der Waals surface area contributed by atoms with E-state index in [2.05, 4.69) is 60.7 Å². The molecule has 0 amide bonds. The van der Waals surface area contributed by atoms with Crippen molar-refractivity contribution in [2.24, 2.45) is 0 Å². The van der Waals surface area contributed by atoms with Crippen molar-refractivity contribution < 1.29 is 0 Å². The van der Waals surface area contributed by atoms with Crippen molar-refractivity contribution >= 4 is 78.9 Å². The Morgan fingerprint density at radius 2 is 1.10 bits per heavy atom. The maximum atomic E-state index is 2.32. The molecule has 3 heterocycles. The summed E-state index contributed by atoms with van der Waals surface area (Å²) in [6.45, 7) is 0. The molecule has 2 aromatic carbocycles. The van der Waals surface area contributed by atoms with Crippen molar-refractivity contribution in [3.8, 4) is 0 Å². The Morgan fingerprint density at radius 3 is 1.62 bits per heavy atom. The van der Waals surface area contributed by atoms with Crippen LogP contribution >= 0.6 is 22.7 Å². The SMILES string of the molecule is C1=Cc2sc3ccccc3c2[Se]c2c1sc1ccccc21. The third-order valence-electron chi connectivity index (χ3n) is 3.74. The Kier molecular flexibility index (Phi) is 2.65. The third-order valence-corrected chi connectivity index (χ3v) is 9.30. The van der Waals surface area contributed by atoms with E-state index in [0.717, 1.165) is 0 Å². The van der Waals surface area contributed by atoms with E-state index in [1.807, 2.05) is 22.7 Å². The van der Waals surface area contributed by atoms with Crippen LogP contribution in [0, 0.1) is 0 Å². The second-order valence-corrected chi connectivity index (χ2v) is 9.33. The van der Waals surface area contributed by atoms with Crippen molar-refractivity contribution in [3.05, 3.63) is 58.3 Å². The van der Waals surface area contributed by atoms with E-state index in [0.29, 0.717) is 15.0 Å². The van der Waals surface area contributed by atoms with Gasteiger partial charge < -0.3 is 0 Å². The van der Waals surface area contributed by atoms with E-state index < -0.39 is 0 Å². The van der Waals surface area contributed by atoms with Gasteiger partial charge in [-0.15, -0.1) is 0 Å². The van der Waals surface area contributed by atoms with Crippen molar-refractivity contribution in [2.75, 3.05) is 0 Å². The fourth-order valence-corrected chi connectivity index (χ4v) is 8.36. The molecule has 0 unspecified atom stereocenters. The first-order valence-corrected chi connectivity index (χ1v) is 10.1. The van der Waals surface area contributed by atoms with Crippen LogP contribution in [0.3, 0.4) is 0 Å². The van der Waals surface area contributed by atoms with E-state index in [1.54, 1.807) is 8.92 Å². The molecule has 1 aliphatic heterocycles. The van der Waals surface area contributed by atoms with Crippen LogP contribution in [0.4, 0.5) is 0 Å². The predicted octanol–water partition coefficient (Wildman–Crippen LogP) is 4.25. The van der Waals surface area contributed by atoms with E-state index in [9.17, 15) is 0 Å². The normalized spacial score (nSPS) is 13.3. The quantitative estimate of drug-likeness (QED) is 0.358. The molecule has 0 bridgehead atoms. The Labute approximate surface area is 136 Å². The summed E-state index contributed by atoms with van der Waals surface area (Å²) >= 11 is 4.23. The van der Waals surface area contributed by atoms with E-state index >= 15 is 0 Å². The maximum absolute atomic E-state index is 2.32. The molecule has 0 spiro atoms. The molecule has 0 saturated heterocycles. The molecule has 0 radical (unpaired) electrons. The first-order chi connectivity index (χ1) is 10.4. The summed E-state index contributed by atoms with van der Waals surface area (Å²) in [5.41, 5.74) is 0. The first-order valence-electron chi connectivity index (χ1n) is 6.79. The van der Waals surface area contributed by atoms with Gasteiger partial charge in [-0.1, -0.05) is 0 Å². The van der Waals surface area contributed by atoms with Gasteiger partial charge in [0.2, 0.25) is 0 Å². The van der Waals surface area contributed by atoms with Gasteiger partial charge in [0.1, 0.15) is 0 Å². The minimum absolute atomic E-state index is 0.382. The molecular weight excluding hydrogens is 359 g/mol. The van der Waals surface area contributed by atoms with Crippen molar-refractivity contribution in [3.63, 3.8) is 0 Å². The van der Waals surface area contributed by atoms with Gasteiger partial charge in [-0.25, -0.2) is 0 Å². The standard InChI is InChI=1S/C18H10S2Se/c1-3-7-13-11(5-1)17-15(19-13)9-10-16-18(21-17)12-6-2-4-8-14(12)20-16/h1-10H. The van der Waals surface area contributed by atoms with Crippen molar-refractivity contribution in [1.82, 2.24) is 0 Å². The zero-order valence-corrected chi connectivity index (χ0v) is 14.3. The number of fused-ring (bicyclic) bond motifs is 6. The summed E-state index contributed by atoms with van der Waals surface area (Å²) in [7, 11) is 0. The average Bonchev–Trinajstić information content (AvgIpc) is 3.00. The van der Waals surface area contributed by atoms with Gasteiger partial charge in [-0.2, -0.15) is 0 Å². The molecular formula is C18H10S2Se. The van der Waals surface area contributed by atoms with Crippen LogP contribution in [0.5, 0.6) is 0 Å². The zero-order chi connectivity index (χ0) is 13.8. The van der Waals surface area contributed by atoms with E-state index in [1.165, 1.54) is 29.9 Å². The summed E-state index contributed by atoms with van der Waals surface area (Å²) in [4.78, 5) is 2.90. The molecule has 21 heavy (non-hydrogen) atoms. The van der Waals surface area contributed by atoms with Crippen LogP contribution in [-0.4, -0.2) is 15.0 Å². The monoisotopic (exact) mass is 370 g/mol. The number of thiophene rings is 2. The molecule has 0 aliphatic carbocycles. The van der Waals surface area contributed by atoms with Crippen molar-refractivity contribution in [2.45, 2.75) is 0 Å². The van der Waals surface area contributed by atoms with Crippen LogP contribution in [0.25, 0.3) is 32.3 Å². The van der Waals surface area contributed by atoms with Gasteiger partial charge in [0, 0.05) is 0 Å². The Hall–Kier alpha value is -1.38. The number of rotatable bonds is 0. The minimum atomic E-state index is 0.382. The molecule has 0 saturated carbocycles. The zero-order valence-electron chi connectivity index (χ0n) is 11.0. The molecule has 0 N–H and O–H groups in total. The average molecular weight is 369 g/mol. The first kappa shape index (κ1) is 12.2. The van der Waals surface area contributed by atoms with Crippen LogP contribution in [0.1, 0.15) is 9.75 Å². The van der Waals surface area contributed by atoms with Crippen molar-refractivity contribution in [1.29, 1.82) is 0 Å². The van der Waals surface area contributed by atoms with Crippen LogP contribution < -0.4 is 8.92 Å². The van der Waals surface area contributed by atoms with Gasteiger partial charge in [0.25, 0.3) is 0 Å². The number of benzene rings is 2. The second kappa shape index (κ2) is 4.56. The molecule has 0 nitrogen and oxygen atoms in total. The summed E-state index contributed by atoms with van der Waals surface area (Å²) in [5, 5.41) is 2.90. The van der Waals surface area contributed by atoms with Crippen LogP contribution in [0.2, 0.25) is 0 Å². The van der Waals surface area contributed by atoms with Gasteiger partial charge >= 0.3 is 137 Å². The van der Waals surface area contributed by atoms with E-state index in [-0.39, 0.29) is 0 Å². The van der Waals surface area contributed by atoms with Gasteiger partial charge in [-0.3, -0.25) is 0 Å². The van der Waals surface area contributed by atoms with Gasteiger partial charge in [0.15, 0.2) is 0 Å². The Bertz CT molecular complexity index is 938.